The van der Waals surface area contributed by atoms with Gasteiger partial charge in [0.1, 0.15) is 5.82 Å². The molecule has 0 spiro atoms. The van der Waals surface area contributed by atoms with Gasteiger partial charge in [0, 0.05) is 42.2 Å². The summed E-state index contributed by atoms with van der Waals surface area (Å²) in [4.78, 5) is 26.8. The van der Waals surface area contributed by atoms with Gasteiger partial charge in [0.2, 0.25) is 0 Å². The van der Waals surface area contributed by atoms with Crippen molar-refractivity contribution >= 4 is 33.5 Å². The summed E-state index contributed by atoms with van der Waals surface area (Å²) in [5, 5.41) is 3.01. The van der Waals surface area contributed by atoms with Gasteiger partial charge in [0.25, 0.3) is 0 Å². The number of urea groups is 1. The summed E-state index contributed by atoms with van der Waals surface area (Å²) >= 11 is 3.49. The number of benzene rings is 2. The fraction of sp³-hybridized carbons (Fsp3) is 0.292. The molecule has 0 aliphatic carbocycles. The number of carbonyl (C=O) groups is 1. The first-order chi connectivity index (χ1) is 15.1. The van der Waals surface area contributed by atoms with Crippen molar-refractivity contribution in [1.29, 1.82) is 0 Å². The molecule has 2 aromatic carbocycles. The molecule has 3 aromatic rings. The zero-order valence-electron chi connectivity index (χ0n) is 17.8. The molecule has 2 amide bonds. The third-order valence-electron chi connectivity index (χ3n) is 5.39. The molecular weight excluding hydrogens is 454 g/mol. The summed E-state index contributed by atoms with van der Waals surface area (Å²) in [6, 6.07) is 17.6. The van der Waals surface area contributed by atoms with Crippen LogP contribution >= 0.6 is 15.9 Å². The van der Waals surface area contributed by atoms with Crippen LogP contribution in [0.15, 0.2) is 59.1 Å². The van der Waals surface area contributed by atoms with E-state index < -0.39 is 0 Å². The number of anilines is 2. The number of hydrogen-bond acceptors (Lipinski definition) is 4. The Morgan fingerprint density at radius 1 is 1.13 bits per heavy atom. The van der Waals surface area contributed by atoms with Crippen LogP contribution in [0.4, 0.5) is 16.3 Å². The van der Waals surface area contributed by atoms with E-state index in [1.807, 2.05) is 59.5 Å². The molecule has 6 nitrogen and oxygen atoms in total. The van der Waals surface area contributed by atoms with Gasteiger partial charge in [-0.15, -0.1) is 0 Å². The molecule has 1 aromatic heterocycles. The largest absolute Gasteiger partial charge is 0.359 e. The van der Waals surface area contributed by atoms with Gasteiger partial charge >= 0.3 is 6.03 Å². The molecule has 4 rings (SSSR count). The Balaban J connectivity index is 1.64. The maximum Gasteiger partial charge on any atom is 0.322 e. The highest BCUT2D eigenvalue weighted by Crippen LogP contribution is 2.30. The number of para-hydroxylation sites is 1. The molecule has 0 saturated heterocycles. The van der Waals surface area contributed by atoms with Crippen LogP contribution in [0.25, 0.3) is 11.4 Å². The summed E-state index contributed by atoms with van der Waals surface area (Å²) in [6.07, 6.45) is 1.72. The van der Waals surface area contributed by atoms with E-state index in [1.165, 1.54) is 0 Å². The molecule has 1 aliphatic heterocycles. The topological polar surface area (TPSA) is 61.4 Å². The van der Waals surface area contributed by atoms with Crippen LogP contribution in [-0.2, 0) is 13.0 Å². The number of halogens is 1. The fourth-order valence-electron chi connectivity index (χ4n) is 3.80. The molecule has 1 N–H and O–H groups in total. The van der Waals surface area contributed by atoms with E-state index in [4.69, 9.17) is 9.97 Å². The average Bonchev–Trinajstić information content (AvgIpc) is 2.80. The minimum atomic E-state index is -0.117. The SMILES string of the molecule is CCCN(C)c1nc(-c2ccccc2)nc2c1CN(C(=O)Nc1ccccc1Br)CC2. The molecule has 0 unspecified atom stereocenters. The van der Waals surface area contributed by atoms with Gasteiger partial charge in [0.05, 0.1) is 17.9 Å². The van der Waals surface area contributed by atoms with Crippen LogP contribution in [0.3, 0.4) is 0 Å². The molecule has 0 radical (unpaired) electrons. The third kappa shape index (κ3) is 4.71. The molecule has 7 heteroatoms. The van der Waals surface area contributed by atoms with Gasteiger partial charge in [-0.05, 0) is 34.5 Å². The molecule has 0 atom stereocenters. The van der Waals surface area contributed by atoms with Gasteiger partial charge in [-0.3, -0.25) is 0 Å². The van der Waals surface area contributed by atoms with Crippen molar-refractivity contribution in [3.05, 3.63) is 70.3 Å². The van der Waals surface area contributed by atoms with Gasteiger partial charge in [-0.2, -0.15) is 0 Å². The molecular formula is C24H26BrN5O. The zero-order chi connectivity index (χ0) is 21.8. The van der Waals surface area contributed by atoms with E-state index in [9.17, 15) is 4.79 Å². The average molecular weight is 480 g/mol. The Morgan fingerprint density at radius 2 is 1.87 bits per heavy atom. The first-order valence-corrected chi connectivity index (χ1v) is 11.3. The van der Waals surface area contributed by atoms with Crippen LogP contribution in [-0.4, -0.2) is 41.0 Å². The lowest BCUT2D eigenvalue weighted by atomic mass is 10.0. The number of fused-ring (bicyclic) bond motifs is 1. The smallest absolute Gasteiger partial charge is 0.322 e. The number of rotatable bonds is 5. The lowest BCUT2D eigenvalue weighted by molar-refractivity contribution is 0.206. The van der Waals surface area contributed by atoms with E-state index >= 15 is 0 Å². The van der Waals surface area contributed by atoms with E-state index in [-0.39, 0.29) is 6.03 Å². The number of carbonyl (C=O) groups excluding carboxylic acids is 1. The number of nitrogens with zero attached hydrogens (tertiary/aromatic N) is 4. The van der Waals surface area contributed by atoms with Crippen molar-refractivity contribution in [1.82, 2.24) is 14.9 Å². The summed E-state index contributed by atoms with van der Waals surface area (Å²) in [5.41, 5.74) is 3.82. The van der Waals surface area contributed by atoms with Crippen molar-refractivity contribution in [3.63, 3.8) is 0 Å². The first-order valence-electron chi connectivity index (χ1n) is 10.5. The van der Waals surface area contributed by atoms with Crippen LogP contribution in [0, 0.1) is 0 Å². The van der Waals surface area contributed by atoms with Crippen LogP contribution in [0.5, 0.6) is 0 Å². The first kappa shape index (κ1) is 21.3. The minimum Gasteiger partial charge on any atom is -0.359 e. The van der Waals surface area contributed by atoms with E-state index in [2.05, 4.69) is 40.1 Å². The van der Waals surface area contributed by atoms with Gasteiger partial charge in [-0.1, -0.05) is 49.4 Å². The Morgan fingerprint density at radius 3 is 2.61 bits per heavy atom. The van der Waals surface area contributed by atoms with Crippen molar-refractivity contribution in [2.75, 3.05) is 30.4 Å². The van der Waals surface area contributed by atoms with Gasteiger partial charge < -0.3 is 15.1 Å². The highest BCUT2D eigenvalue weighted by molar-refractivity contribution is 9.10. The Hall–Kier alpha value is -2.93. The monoisotopic (exact) mass is 479 g/mol. The molecule has 0 saturated carbocycles. The minimum absolute atomic E-state index is 0.117. The zero-order valence-corrected chi connectivity index (χ0v) is 19.4. The second-order valence-corrected chi connectivity index (χ2v) is 8.52. The Kier molecular flexibility index (Phi) is 6.51. The number of amides is 2. The molecule has 1 aliphatic rings. The second-order valence-electron chi connectivity index (χ2n) is 7.67. The number of hydrogen-bond donors (Lipinski definition) is 1. The summed E-state index contributed by atoms with van der Waals surface area (Å²) < 4.78 is 0.861. The second kappa shape index (κ2) is 9.47. The van der Waals surface area contributed by atoms with Gasteiger partial charge in [-0.25, -0.2) is 14.8 Å². The predicted molar refractivity (Wildman–Crippen MR) is 128 cm³/mol. The van der Waals surface area contributed by atoms with Crippen molar-refractivity contribution < 1.29 is 4.79 Å². The van der Waals surface area contributed by atoms with E-state index in [0.29, 0.717) is 19.5 Å². The Labute approximate surface area is 191 Å². The molecule has 31 heavy (non-hydrogen) atoms. The summed E-state index contributed by atoms with van der Waals surface area (Å²) in [7, 11) is 2.06. The third-order valence-corrected chi connectivity index (χ3v) is 6.09. The fourth-order valence-corrected chi connectivity index (χ4v) is 4.18. The highest BCUT2D eigenvalue weighted by atomic mass is 79.9. The van der Waals surface area contributed by atoms with Crippen LogP contribution < -0.4 is 10.2 Å². The molecule has 0 fully saturated rings. The lowest BCUT2D eigenvalue weighted by Crippen LogP contribution is -2.40. The van der Waals surface area contributed by atoms with E-state index in [0.717, 1.165) is 51.6 Å². The number of aromatic nitrogens is 2. The van der Waals surface area contributed by atoms with Crippen molar-refractivity contribution in [2.24, 2.45) is 0 Å². The Bertz CT molecular complexity index is 1070. The molecule has 2 heterocycles. The quantitative estimate of drug-likeness (QED) is 0.536. The molecule has 0 bridgehead atoms. The normalized spacial score (nSPS) is 12.9. The summed E-state index contributed by atoms with van der Waals surface area (Å²) in [6.45, 7) is 4.15. The lowest BCUT2D eigenvalue weighted by Gasteiger charge is -2.32. The highest BCUT2D eigenvalue weighted by Gasteiger charge is 2.27. The van der Waals surface area contributed by atoms with Crippen LogP contribution in [0.2, 0.25) is 0 Å². The van der Waals surface area contributed by atoms with Crippen molar-refractivity contribution in [3.8, 4) is 11.4 Å². The maximum absolute atomic E-state index is 13.0. The molecule has 160 valence electrons. The van der Waals surface area contributed by atoms with Gasteiger partial charge in [0.15, 0.2) is 5.82 Å². The maximum atomic E-state index is 13.0. The summed E-state index contributed by atoms with van der Waals surface area (Å²) in [5.74, 6) is 1.65. The van der Waals surface area contributed by atoms with Crippen LogP contribution in [0.1, 0.15) is 24.6 Å². The number of nitrogens with one attached hydrogen (secondary N) is 1. The van der Waals surface area contributed by atoms with Crippen molar-refractivity contribution in [2.45, 2.75) is 26.3 Å². The van der Waals surface area contributed by atoms with E-state index in [1.54, 1.807) is 0 Å². The standard InChI is InChI=1S/C24H26BrN5O/c1-3-14-29(2)23-18-16-30(24(31)27-21-12-8-7-11-19(21)25)15-13-20(18)26-22(28-23)17-9-5-4-6-10-17/h4-12H,3,13-16H2,1-2H3,(H,27,31). The predicted octanol–water partition coefficient (Wildman–Crippen LogP) is 5.34.